The summed E-state index contributed by atoms with van der Waals surface area (Å²) >= 11 is 1.61. The lowest BCUT2D eigenvalue weighted by Gasteiger charge is -2.21. The van der Waals surface area contributed by atoms with Crippen molar-refractivity contribution in [1.82, 2.24) is 0 Å². The first-order valence-electron chi connectivity index (χ1n) is 4.86. The fraction of sp³-hybridized carbons (Fsp3) is 0.417. The van der Waals surface area contributed by atoms with Crippen molar-refractivity contribution in [3.05, 3.63) is 29.8 Å². The third-order valence-corrected chi connectivity index (χ3v) is 3.15. The average Bonchev–Trinajstić information content (AvgIpc) is 1.99. The molecule has 0 saturated heterocycles. The van der Waals surface area contributed by atoms with Crippen molar-refractivity contribution in [1.29, 1.82) is 0 Å². The van der Waals surface area contributed by atoms with Crippen LogP contribution in [0.2, 0.25) is 0 Å². The Balaban J connectivity index is 2.72. The Labute approximate surface area is 94.7 Å². The number of carboxylic acids is 1. The Morgan fingerprint density at radius 1 is 1.47 bits per heavy atom. The molecule has 0 atom stereocenters. The fourth-order valence-electron chi connectivity index (χ4n) is 1.40. The lowest BCUT2D eigenvalue weighted by Crippen LogP contribution is -2.19. The molecule has 0 saturated carbocycles. The number of thioether (sulfide) groups is 1. The zero-order chi connectivity index (χ0) is 11.5. The molecule has 15 heavy (non-hydrogen) atoms. The van der Waals surface area contributed by atoms with Gasteiger partial charge in [-0.3, -0.25) is 4.79 Å². The van der Waals surface area contributed by atoms with E-state index >= 15 is 0 Å². The lowest BCUT2D eigenvalue weighted by atomic mass is 10.1. The summed E-state index contributed by atoms with van der Waals surface area (Å²) in [6, 6.07) is 8.12. The molecule has 0 radical (unpaired) electrons. The van der Waals surface area contributed by atoms with Crippen LogP contribution in [0.4, 0.5) is 0 Å². The number of rotatable bonds is 4. The summed E-state index contributed by atoms with van der Waals surface area (Å²) < 4.78 is -0.264. The molecule has 3 heteroatoms. The van der Waals surface area contributed by atoms with Gasteiger partial charge in [0.25, 0.3) is 0 Å². The zero-order valence-corrected chi connectivity index (χ0v) is 10.1. The minimum atomic E-state index is -0.750. The van der Waals surface area contributed by atoms with E-state index in [0.29, 0.717) is 0 Å². The number of aryl methyl sites for hydroxylation is 1. The predicted octanol–water partition coefficient (Wildman–Crippen LogP) is 3.34. The second-order valence-electron chi connectivity index (χ2n) is 4.25. The normalized spacial score (nSPS) is 11.4. The zero-order valence-electron chi connectivity index (χ0n) is 9.28. The smallest absolute Gasteiger partial charge is 0.304 e. The molecule has 1 N–H and O–H groups in total. The van der Waals surface area contributed by atoms with Crippen LogP contribution in [-0.2, 0) is 4.79 Å². The summed E-state index contributed by atoms with van der Waals surface area (Å²) in [5.74, 6) is -0.750. The largest absolute Gasteiger partial charge is 0.481 e. The average molecular weight is 224 g/mol. The molecule has 1 aromatic rings. The SMILES string of the molecule is Cc1cccc(SC(C)(C)CC(=O)O)c1. The molecule has 0 fully saturated rings. The maximum atomic E-state index is 10.7. The molecular weight excluding hydrogens is 208 g/mol. The van der Waals surface area contributed by atoms with E-state index in [1.165, 1.54) is 5.56 Å². The summed E-state index contributed by atoms with van der Waals surface area (Å²) in [4.78, 5) is 11.8. The van der Waals surface area contributed by atoms with Gasteiger partial charge in [0.05, 0.1) is 6.42 Å². The lowest BCUT2D eigenvalue weighted by molar-refractivity contribution is -0.137. The topological polar surface area (TPSA) is 37.3 Å². The minimum absolute atomic E-state index is 0.172. The van der Waals surface area contributed by atoms with Crippen LogP contribution in [0.5, 0.6) is 0 Å². The molecule has 0 aliphatic carbocycles. The van der Waals surface area contributed by atoms with Gasteiger partial charge in [0.15, 0.2) is 0 Å². The minimum Gasteiger partial charge on any atom is -0.481 e. The van der Waals surface area contributed by atoms with Crippen molar-refractivity contribution in [2.24, 2.45) is 0 Å². The van der Waals surface area contributed by atoms with E-state index in [9.17, 15) is 4.79 Å². The van der Waals surface area contributed by atoms with E-state index in [-0.39, 0.29) is 11.2 Å². The number of aliphatic carboxylic acids is 1. The van der Waals surface area contributed by atoms with E-state index in [4.69, 9.17) is 5.11 Å². The maximum absolute atomic E-state index is 10.7. The highest BCUT2D eigenvalue weighted by molar-refractivity contribution is 8.00. The van der Waals surface area contributed by atoms with Gasteiger partial charge in [-0.05, 0) is 32.9 Å². The van der Waals surface area contributed by atoms with Gasteiger partial charge in [-0.1, -0.05) is 17.7 Å². The number of carbonyl (C=O) groups is 1. The molecule has 1 rings (SSSR count). The molecule has 0 bridgehead atoms. The molecule has 0 heterocycles. The van der Waals surface area contributed by atoms with E-state index in [0.717, 1.165) is 4.90 Å². The van der Waals surface area contributed by atoms with Crippen molar-refractivity contribution in [2.45, 2.75) is 36.8 Å². The fourth-order valence-corrected chi connectivity index (χ4v) is 2.62. The first kappa shape index (κ1) is 12.1. The summed E-state index contributed by atoms with van der Waals surface area (Å²) in [5, 5.41) is 8.77. The van der Waals surface area contributed by atoms with Crippen molar-refractivity contribution in [3.8, 4) is 0 Å². The third kappa shape index (κ3) is 4.38. The van der Waals surface area contributed by atoms with Crippen LogP contribution in [0.3, 0.4) is 0 Å². The van der Waals surface area contributed by atoms with Crippen molar-refractivity contribution < 1.29 is 9.90 Å². The Kier molecular flexibility index (Phi) is 3.80. The number of benzene rings is 1. The van der Waals surface area contributed by atoms with Gasteiger partial charge >= 0.3 is 5.97 Å². The highest BCUT2D eigenvalue weighted by Gasteiger charge is 2.22. The number of hydrogen-bond acceptors (Lipinski definition) is 2. The highest BCUT2D eigenvalue weighted by Crippen LogP contribution is 2.35. The molecule has 0 aliphatic heterocycles. The van der Waals surface area contributed by atoms with E-state index in [1.54, 1.807) is 11.8 Å². The second-order valence-corrected chi connectivity index (χ2v) is 6.03. The molecule has 0 amide bonds. The maximum Gasteiger partial charge on any atom is 0.304 e. The monoisotopic (exact) mass is 224 g/mol. The number of carboxylic acid groups (broad SMARTS) is 1. The Morgan fingerprint density at radius 2 is 2.13 bits per heavy atom. The quantitative estimate of drug-likeness (QED) is 0.797. The standard InChI is InChI=1S/C12H16O2S/c1-9-5-4-6-10(7-9)15-12(2,3)8-11(13)14/h4-7H,8H2,1-3H3,(H,13,14). The van der Waals surface area contributed by atoms with Crippen molar-refractivity contribution in [3.63, 3.8) is 0 Å². The van der Waals surface area contributed by atoms with Gasteiger partial charge in [0.1, 0.15) is 0 Å². The summed E-state index contributed by atoms with van der Waals surface area (Å²) in [7, 11) is 0. The van der Waals surface area contributed by atoms with Crippen LogP contribution in [0.15, 0.2) is 29.2 Å². The summed E-state index contributed by atoms with van der Waals surface area (Å²) in [5.41, 5.74) is 1.20. The highest BCUT2D eigenvalue weighted by atomic mass is 32.2. The van der Waals surface area contributed by atoms with Crippen LogP contribution in [-0.4, -0.2) is 15.8 Å². The van der Waals surface area contributed by atoms with Crippen LogP contribution >= 0.6 is 11.8 Å². The Hall–Kier alpha value is -0.960. The summed E-state index contributed by atoms with van der Waals surface area (Å²) in [6.45, 7) is 5.94. The molecule has 0 aromatic heterocycles. The summed E-state index contributed by atoms with van der Waals surface area (Å²) in [6.07, 6.45) is 0.172. The van der Waals surface area contributed by atoms with E-state index in [1.807, 2.05) is 39.0 Å². The molecule has 0 unspecified atom stereocenters. The van der Waals surface area contributed by atoms with E-state index < -0.39 is 5.97 Å². The van der Waals surface area contributed by atoms with Crippen LogP contribution in [0.25, 0.3) is 0 Å². The third-order valence-electron chi connectivity index (χ3n) is 1.96. The van der Waals surface area contributed by atoms with Gasteiger partial charge in [0, 0.05) is 9.64 Å². The van der Waals surface area contributed by atoms with E-state index in [2.05, 4.69) is 6.07 Å². The van der Waals surface area contributed by atoms with Crippen molar-refractivity contribution >= 4 is 17.7 Å². The first-order chi connectivity index (χ1) is 6.89. The van der Waals surface area contributed by atoms with Crippen molar-refractivity contribution in [2.75, 3.05) is 0 Å². The van der Waals surface area contributed by atoms with Gasteiger partial charge in [-0.25, -0.2) is 0 Å². The Bertz CT molecular complexity index is 358. The van der Waals surface area contributed by atoms with Crippen LogP contribution in [0.1, 0.15) is 25.8 Å². The number of hydrogen-bond donors (Lipinski definition) is 1. The van der Waals surface area contributed by atoms with Crippen LogP contribution in [0, 0.1) is 6.92 Å². The molecule has 1 aromatic carbocycles. The molecule has 0 spiro atoms. The predicted molar refractivity (Wildman–Crippen MR) is 63.4 cm³/mol. The first-order valence-corrected chi connectivity index (χ1v) is 5.68. The molecule has 82 valence electrons. The van der Waals surface area contributed by atoms with Gasteiger partial charge in [-0.15, -0.1) is 11.8 Å². The molecule has 2 nitrogen and oxygen atoms in total. The van der Waals surface area contributed by atoms with Crippen LogP contribution < -0.4 is 0 Å². The van der Waals surface area contributed by atoms with Gasteiger partial charge < -0.3 is 5.11 Å². The van der Waals surface area contributed by atoms with Gasteiger partial charge in [0.2, 0.25) is 0 Å². The van der Waals surface area contributed by atoms with Gasteiger partial charge in [-0.2, -0.15) is 0 Å². The molecular formula is C12H16O2S. The second kappa shape index (κ2) is 4.71. The molecule has 0 aliphatic rings. The Morgan fingerprint density at radius 3 is 2.67 bits per heavy atom.